The number of carbonyl (C=O) groups excluding carboxylic acids is 3. The number of aliphatic hydroxyl groups is 1. The second-order valence-electron chi connectivity index (χ2n) is 11.1. The Morgan fingerprint density at radius 1 is 1.21 bits per heavy atom. The molecule has 190 valence electrons. The number of hydrogen-bond acceptors (Lipinski definition) is 6. The highest BCUT2D eigenvalue weighted by atomic mass is 16.6. The van der Waals surface area contributed by atoms with Gasteiger partial charge in [0.1, 0.15) is 23.7 Å². The molecule has 0 aromatic rings. The molecule has 1 saturated heterocycles. The number of carboxylic acids is 1. The van der Waals surface area contributed by atoms with Crippen molar-refractivity contribution in [3.63, 3.8) is 0 Å². The molecule has 0 radical (unpaired) electrons. The molecule has 3 aliphatic rings. The molecular formula is C24H37N3O7. The summed E-state index contributed by atoms with van der Waals surface area (Å²) < 4.78 is 5.52. The summed E-state index contributed by atoms with van der Waals surface area (Å²) >= 11 is 0. The van der Waals surface area contributed by atoms with Crippen LogP contribution >= 0.6 is 0 Å². The van der Waals surface area contributed by atoms with Crippen LogP contribution in [0.25, 0.3) is 0 Å². The van der Waals surface area contributed by atoms with Crippen molar-refractivity contribution in [1.82, 2.24) is 15.5 Å². The van der Waals surface area contributed by atoms with Crippen LogP contribution < -0.4 is 10.6 Å². The van der Waals surface area contributed by atoms with E-state index in [1.807, 2.05) is 0 Å². The maximum atomic E-state index is 13.5. The molecule has 2 aliphatic carbocycles. The summed E-state index contributed by atoms with van der Waals surface area (Å²) in [6.07, 6.45) is 2.39. The van der Waals surface area contributed by atoms with Crippen LogP contribution in [-0.2, 0) is 19.1 Å². The van der Waals surface area contributed by atoms with Crippen molar-refractivity contribution in [3.8, 4) is 0 Å². The third kappa shape index (κ3) is 5.37. The standard InChI is InChI=1S/C24H37N3O7/c1-6-14-11-24(14,21(31)32)26-19(29)17-10-15(28)12-27(17)20(30)18(23(3,4)5)25-22(33)34-16-8-7-13(2)9-16/h6,13-18,28H,1,7-12H2,2-5H3,(H,25,33)(H,26,29)(H,31,32)/t13-,14+,15+,16?,17-,18+,24+/m0/s1. The quantitative estimate of drug-likeness (QED) is 0.404. The van der Waals surface area contributed by atoms with E-state index in [2.05, 4.69) is 24.1 Å². The molecule has 34 heavy (non-hydrogen) atoms. The first-order chi connectivity index (χ1) is 15.8. The molecule has 1 aliphatic heterocycles. The number of alkyl carbamates (subject to hydrolysis) is 1. The minimum absolute atomic E-state index is 0.0205. The van der Waals surface area contributed by atoms with Gasteiger partial charge in [-0.05, 0) is 37.0 Å². The van der Waals surface area contributed by atoms with Crippen LogP contribution in [0.5, 0.6) is 0 Å². The lowest BCUT2D eigenvalue weighted by Crippen LogP contribution is -2.59. The Balaban J connectivity index is 1.72. The maximum absolute atomic E-state index is 13.5. The van der Waals surface area contributed by atoms with Gasteiger partial charge < -0.3 is 30.5 Å². The number of carbonyl (C=O) groups is 4. The number of β-amino-alcohol motifs (C(OH)–C–C–N with tert-alkyl or cyclic N) is 1. The number of hydrogen-bond donors (Lipinski definition) is 4. The Labute approximate surface area is 200 Å². The summed E-state index contributed by atoms with van der Waals surface area (Å²) in [5.41, 5.74) is -2.15. The monoisotopic (exact) mass is 479 g/mol. The highest BCUT2D eigenvalue weighted by Crippen LogP contribution is 2.45. The average molecular weight is 480 g/mol. The number of likely N-dealkylation sites (tertiary alicyclic amines) is 1. The first kappa shape index (κ1) is 26.0. The highest BCUT2D eigenvalue weighted by molar-refractivity contribution is 5.96. The topological polar surface area (TPSA) is 145 Å². The zero-order valence-corrected chi connectivity index (χ0v) is 20.4. The number of ether oxygens (including phenoxy) is 1. The lowest BCUT2D eigenvalue weighted by molar-refractivity contribution is -0.146. The number of nitrogens with zero attached hydrogens (tertiary/aromatic N) is 1. The van der Waals surface area contributed by atoms with Gasteiger partial charge in [0.15, 0.2) is 0 Å². The normalized spacial score (nSPS) is 33.7. The van der Waals surface area contributed by atoms with Gasteiger partial charge in [0.25, 0.3) is 0 Å². The van der Waals surface area contributed by atoms with E-state index in [1.165, 1.54) is 11.0 Å². The van der Waals surface area contributed by atoms with E-state index in [0.717, 1.165) is 19.3 Å². The van der Waals surface area contributed by atoms with Crippen LogP contribution in [0.1, 0.15) is 59.8 Å². The predicted molar refractivity (Wildman–Crippen MR) is 123 cm³/mol. The predicted octanol–water partition coefficient (Wildman–Crippen LogP) is 1.42. The summed E-state index contributed by atoms with van der Waals surface area (Å²) in [5.74, 6) is -2.26. The van der Waals surface area contributed by atoms with Crippen molar-refractivity contribution in [3.05, 3.63) is 12.7 Å². The smallest absolute Gasteiger partial charge is 0.408 e. The van der Waals surface area contributed by atoms with Gasteiger partial charge in [-0.2, -0.15) is 0 Å². The molecule has 1 heterocycles. The minimum Gasteiger partial charge on any atom is -0.479 e. The molecule has 0 aromatic carbocycles. The molecule has 0 spiro atoms. The van der Waals surface area contributed by atoms with Crippen molar-refractivity contribution in [2.24, 2.45) is 17.3 Å². The maximum Gasteiger partial charge on any atom is 0.408 e. The molecule has 10 heteroatoms. The Morgan fingerprint density at radius 2 is 1.88 bits per heavy atom. The number of aliphatic carboxylic acids is 1. The van der Waals surface area contributed by atoms with Gasteiger partial charge >= 0.3 is 12.1 Å². The lowest BCUT2D eigenvalue weighted by atomic mass is 9.85. The second-order valence-corrected chi connectivity index (χ2v) is 11.1. The molecule has 0 bridgehead atoms. The molecule has 3 amide bonds. The molecule has 7 atom stereocenters. The third-order valence-corrected chi connectivity index (χ3v) is 7.19. The van der Waals surface area contributed by atoms with Crippen molar-refractivity contribution in [1.29, 1.82) is 0 Å². The van der Waals surface area contributed by atoms with E-state index in [4.69, 9.17) is 4.74 Å². The van der Waals surface area contributed by atoms with Gasteiger partial charge in [-0.1, -0.05) is 33.8 Å². The summed E-state index contributed by atoms with van der Waals surface area (Å²) in [5, 5.41) is 25.1. The van der Waals surface area contributed by atoms with Gasteiger partial charge in [0, 0.05) is 18.9 Å². The van der Waals surface area contributed by atoms with Crippen molar-refractivity contribution >= 4 is 23.9 Å². The van der Waals surface area contributed by atoms with E-state index >= 15 is 0 Å². The van der Waals surface area contributed by atoms with E-state index in [1.54, 1.807) is 20.8 Å². The zero-order chi connectivity index (χ0) is 25.4. The van der Waals surface area contributed by atoms with Crippen molar-refractivity contribution in [2.45, 2.75) is 89.6 Å². The van der Waals surface area contributed by atoms with Gasteiger partial charge in [-0.15, -0.1) is 6.58 Å². The third-order valence-electron chi connectivity index (χ3n) is 7.19. The van der Waals surface area contributed by atoms with Crippen molar-refractivity contribution in [2.75, 3.05) is 6.54 Å². The van der Waals surface area contributed by atoms with Gasteiger partial charge in [0.05, 0.1) is 6.10 Å². The van der Waals surface area contributed by atoms with E-state index in [0.29, 0.717) is 5.92 Å². The van der Waals surface area contributed by atoms with Crippen LogP contribution in [0.4, 0.5) is 4.79 Å². The molecular weight excluding hydrogens is 442 g/mol. The Kier molecular flexibility index (Phi) is 7.31. The first-order valence-electron chi connectivity index (χ1n) is 11.9. The van der Waals surface area contributed by atoms with E-state index in [-0.39, 0.29) is 25.5 Å². The van der Waals surface area contributed by atoms with Crippen LogP contribution in [0.15, 0.2) is 12.7 Å². The van der Waals surface area contributed by atoms with Crippen LogP contribution in [0.2, 0.25) is 0 Å². The van der Waals surface area contributed by atoms with Gasteiger partial charge in [-0.3, -0.25) is 9.59 Å². The second kappa shape index (κ2) is 9.56. The summed E-state index contributed by atoms with van der Waals surface area (Å²) in [4.78, 5) is 52.2. The van der Waals surface area contributed by atoms with Crippen molar-refractivity contribution < 1.29 is 34.1 Å². The molecule has 1 unspecified atom stereocenters. The lowest BCUT2D eigenvalue weighted by Gasteiger charge is -2.35. The van der Waals surface area contributed by atoms with Crippen LogP contribution in [0, 0.1) is 17.3 Å². The number of amides is 3. The molecule has 2 saturated carbocycles. The fourth-order valence-corrected chi connectivity index (χ4v) is 5.00. The number of rotatable bonds is 7. The number of carboxylic acid groups (broad SMARTS) is 1. The Bertz CT molecular complexity index is 854. The fourth-order valence-electron chi connectivity index (χ4n) is 5.00. The summed E-state index contributed by atoms with van der Waals surface area (Å²) in [7, 11) is 0. The SMILES string of the molecule is C=C[C@@H]1C[C@]1(NC(=O)[C@@H]1C[C@@H](O)CN1C(=O)[C@@H](NC(=O)OC1CC[C@H](C)C1)C(C)(C)C)C(=O)O. The minimum atomic E-state index is -1.44. The Morgan fingerprint density at radius 3 is 2.38 bits per heavy atom. The van der Waals surface area contributed by atoms with Crippen LogP contribution in [-0.4, -0.2) is 75.4 Å². The molecule has 3 fully saturated rings. The average Bonchev–Trinajstić information content (AvgIpc) is 3.07. The molecule has 4 N–H and O–H groups in total. The van der Waals surface area contributed by atoms with E-state index in [9.17, 15) is 29.4 Å². The van der Waals surface area contributed by atoms with Gasteiger partial charge in [0.2, 0.25) is 11.8 Å². The largest absolute Gasteiger partial charge is 0.479 e. The first-order valence-corrected chi connectivity index (χ1v) is 11.9. The van der Waals surface area contributed by atoms with Crippen LogP contribution in [0.3, 0.4) is 0 Å². The molecule has 0 aromatic heterocycles. The van der Waals surface area contributed by atoms with Gasteiger partial charge in [-0.25, -0.2) is 9.59 Å². The fraction of sp³-hybridized carbons (Fsp3) is 0.750. The summed E-state index contributed by atoms with van der Waals surface area (Å²) in [6.45, 7) is 11.0. The molecule has 3 rings (SSSR count). The number of aliphatic hydroxyl groups excluding tert-OH is 1. The Hall–Kier alpha value is -2.62. The van der Waals surface area contributed by atoms with E-state index < -0.39 is 58.9 Å². The zero-order valence-electron chi connectivity index (χ0n) is 20.4. The highest BCUT2D eigenvalue weighted by Gasteiger charge is 2.61. The molecule has 10 nitrogen and oxygen atoms in total. The number of nitrogens with one attached hydrogen (secondary N) is 2. The summed E-state index contributed by atoms with van der Waals surface area (Å²) in [6, 6.07) is -2.06.